The minimum absolute atomic E-state index is 0.0480. The maximum Gasteiger partial charge on any atom is 0.261 e. The Hall–Kier alpha value is -4.66. The second-order valence-corrected chi connectivity index (χ2v) is 13.2. The Kier molecular flexibility index (Phi) is 7.14. The molecule has 230 valence electrons. The number of rotatable bonds is 8. The first kappa shape index (κ1) is 29.1. The Morgan fingerprint density at radius 1 is 0.933 bits per heavy atom. The second kappa shape index (κ2) is 11.1. The molecule has 3 N–H and O–H groups in total. The lowest BCUT2D eigenvalue weighted by Gasteiger charge is -2.15. The van der Waals surface area contributed by atoms with E-state index < -0.39 is 21.8 Å². The van der Waals surface area contributed by atoms with Crippen molar-refractivity contribution in [2.24, 2.45) is 0 Å². The van der Waals surface area contributed by atoms with Crippen molar-refractivity contribution in [1.29, 1.82) is 0 Å². The first-order chi connectivity index (χ1) is 21.5. The number of pyridine rings is 3. The van der Waals surface area contributed by atoms with E-state index in [1.165, 1.54) is 12.1 Å². The summed E-state index contributed by atoms with van der Waals surface area (Å²) in [5.41, 5.74) is 6.66. The van der Waals surface area contributed by atoms with Gasteiger partial charge in [0, 0.05) is 66.5 Å². The first-order valence-corrected chi connectivity index (χ1v) is 16.0. The molecule has 0 radical (unpaired) electrons. The standard InChI is InChI=1S/C31H27F3N8O2S/c1-45(43,44)38-11-18-4-20(7-22(32)6-18)25-13-36-14-28-23(25)8-27(39-28)30-24-9-26(37-15-29(24)40-41-30)21-5-19(10-35-12-21)16-42-3-2-31(33,34)17-42/h4-10,12-15,38-39H,2-3,11,16-17H2,1H3,(H,40,41). The molecule has 0 spiro atoms. The number of likely N-dealkylation sites (tertiary alicyclic amines) is 1. The van der Waals surface area contributed by atoms with Crippen molar-refractivity contribution < 1.29 is 21.6 Å². The molecule has 0 bridgehead atoms. The van der Waals surface area contributed by atoms with E-state index in [-0.39, 0.29) is 19.5 Å². The van der Waals surface area contributed by atoms with Crippen LogP contribution in [0, 0.1) is 5.82 Å². The Morgan fingerprint density at radius 2 is 1.76 bits per heavy atom. The summed E-state index contributed by atoms with van der Waals surface area (Å²) in [5, 5.41) is 9.13. The average molecular weight is 633 g/mol. The third-order valence-corrected chi connectivity index (χ3v) is 8.47. The molecule has 0 amide bonds. The van der Waals surface area contributed by atoms with Crippen LogP contribution in [0.15, 0.2) is 67.4 Å². The van der Waals surface area contributed by atoms with Crippen molar-refractivity contribution in [3.8, 4) is 33.8 Å². The van der Waals surface area contributed by atoms with Crippen molar-refractivity contribution in [3.05, 3.63) is 84.3 Å². The van der Waals surface area contributed by atoms with Crippen LogP contribution < -0.4 is 4.72 Å². The van der Waals surface area contributed by atoms with Crippen LogP contribution in [0.3, 0.4) is 0 Å². The van der Waals surface area contributed by atoms with E-state index >= 15 is 0 Å². The van der Waals surface area contributed by atoms with Gasteiger partial charge < -0.3 is 4.98 Å². The summed E-state index contributed by atoms with van der Waals surface area (Å²) in [5.74, 6) is -3.16. The van der Waals surface area contributed by atoms with Gasteiger partial charge in [0.15, 0.2) is 0 Å². The summed E-state index contributed by atoms with van der Waals surface area (Å²) in [6.45, 7) is 0.403. The molecule has 6 aromatic rings. The van der Waals surface area contributed by atoms with Crippen LogP contribution in [0.4, 0.5) is 13.2 Å². The molecule has 45 heavy (non-hydrogen) atoms. The summed E-state index contributed by atoms with van der Waals surface area (Å²) in [6.07, 6.45) is 9.27. The van der Waals surface area contributed by atoms with Crippen LogP contribution in [0.1, 0.15) is 17.5 Å². The summed E-state index contributed by atoms with van der Waals surface area (Å²) < 4.78 is 67.5. The highest BCUT2D eigenvalue weighted by molar-refractivity contribution is 7.88. The fourth-order valence-corrected chi connectivity index (χ4v) is 6.15. The van der Waals surface area contributed by atoms with Crippen molar-refractivity contribution in [1.82, 2.24) is 39.8 Å². The summed E-state index contributed by atoms with van der Waals surface area (Å²) in [7, 11) is -3.45. The van der Waals surface area contributed by atoms with Gasteiger partial charge in [0.1, 0.15) is 11.5 Å². The lowest BCUT2D eigenvalue weighted by atomic mass is 10.0. The lowest BCUT2D eigenvalue weighted by Crippen LogP contribution is -2.24. The fraction of sp³-hybridized carbons (Fsp3) is 0.226. The van der Waals surface area contributed by atoms with Gasteiger partial charge in [0.25, 0.3) is 5.92 Å². The normalized spacial score (nSPS) is 15.4. The highest BCUT2D eigenvalue weighted by atomic mass is 32.2. The van der Waals surface area contributed by atoms with E-state index in [1.54, 1.807) is 42.0 Å². The molecule has 0 saturated carbocycles. The van der Waals surface area contributed by atoms with Gasteiger partial charge in [-0.05, 0) is 53.1 Å². The molecule has 7 rings (SSSR count). The highest BCUT2D eigenvalue weighted by Crippen LogP contribution is 2.35. The number of benzene rings is 1. The number of aromatic amines is 2. The second-order valence-electron chi connectivity index (χ2n) is 11.4. The first-order valence-electron chi connectivity index (χ1n) is 14.1. The van der Waals surface area contributed by atoms with E-state index in [2.05, 4.69) is 34.9 Å². The lowest BCUT2D eigenvalue weighted by molar-refractivity contribution is 0.0115. The Bertz CT molecular complexity index is 2180. The van der Waals surface area contributed by atoms with Gasteiger partial charge in [-0.1, -0.05) is 0 Å². The van der Waals surface area contributed by atoms with Gasteiger partial charge in [-0.15, -0.1) is 0 Å². The molecule has 14 heteroatoms. The number of nitrogens with one attached hydrogen (secondary N) is 3. The zero-order valence-electron chi connectivity index (χ0n) is 24.0. The molecular weight excluding hydrogens is 605 g/mol. The van der Waals surface area contributed by atoms with E-state index in [9.17, 15) is 21.6 Å². The quantitative estimate of drug-likeness (QED) is 0.209. The number of H-pyrrole nitrogens is 2. The molecule has 0 atom stereocenters. The molecule has 0 aliphatic carbocycles. The van der Waals surface area contributed by atoms with Gasteiger partial charge >= 0.3 is 0 Å². The molecule has 10 nitrogen and oxygen atoms in total. The van der Waals surface area contributed by atoms with Gasteiger partial charge in [0.05, 0.1) is 47.6 Å². The SMILES string of the molecule is CS(=O)(=O)NCc1cc(F)cc(-c2cncc3[nH]c(-c4n[nH]c5cnc(-c6cncc(CN7CCC(F)(F)C7)c6)cc45)cc23)c1. The van der Waals surface area contributed by atoms with Crippen LogP contribution in [-0.4, -0.2) is 68.7 Å². The van der Waals surface area contributed by atoms with Gasteiger partial charge in [-0.25, -0.2) is 26.3 Å². The molecular formula is C31H27F3N8O2S. The smallest absolute Gasteiger partial charge is 0.261 e. The monoisotopic (exact) mass is 632 g/mol. The molecule has 0 unspecified atom stereocenters. The Labute approximate surface area is 255 Å². The van der Waals surface area contributed by atoms with Crippen molar-refractivity contribution in [2.75, 3.05) is 19.3 Å². The number of aromatic nitrogens is 6. The number of sulfonamides is 1. The van der Waals surface area contributed by atoms with E-state index in [4.69, 9.17) is 0 Å². The molecule has 5 aromatic heterocycles. The number of hydrogen-bond donors (Lipinski definition) is 3. The summed E-state index contributed by atoms with van der Waals surface area (Å²) >= 11 is 0. The average Bonchev–Trinajstić information content (AvgIpc) is 3.71. The molecule has 1 fully saturated rings. The van der Waals surface area contributed by atoms with Crippen molar-refractivity contribution >= 4 is 31.8 Å². The topological polar surface area (TPSA) is 133 Å². The third-order valence-electron chi connectivity index (χ3n) is 7.80. The van der Waals surface area contributed by atoms with Crippen LogP contribution in [0.25, 0.3) is 55.6 Å². The van der Waals surface area contributed by atoms with Crippen LogP contribution in [-0.2, 0) is 23.1 Å². The Balaban J connectivity index is 1.22. The number of alkyl halides is 2. The summed E-state index contributed by atoms with van der Waals surface area (Å²) in [6, 6.07) is 10.1. The predicted octanol–water partition coefficient (Wildman–Crippen LogP) is 5.26. The maximum atomic E-state index is 14.6. The van der Waals surface area contributed by atoms with Crippen LogP contribution >= 0.6 is 0 Å². The highest BCUT2D eigenvalue weighted by Gasteiger charge is 2.37. The van der Waals surface area contributed by atoms with E-state index in [0.29, 0.717) is 57.9 Å². The largest absolute Gasteiger partial charge is 0.352 e. The number of fused-ring (bicyclic) bond motifs is 2. The predicted molar refractivity (Wildman–Crippen MR) is 164 cm³/mol. The van der Waals surface area contributed by atoms with Crippen molar-refractivity contribution in [2.45, 2.75) is 25.4 Å². The molecule has 1 aliphatic heterocycles. The van der Waals surface area contributed by atoms with Gasteiger partial charge in [-0.3, -0.25) is 25.0 Å². The third kappa shape index (κ3) is 6.16. The minimum atomic E-state index is -3.45. The van der Waals surface area contributed by atoms with Gasteiger partial charge in [0.2, 0.25) is 10.0 Å². The molecule has 1 saturated heterocycles. The summed E-state index contributed by atoms with van der Waals surface area (Å²) in [4.78, 5) is 18.3. The Morgan fingerprint density at radius 3 is 2.56 bits per heavy atom. The van der Waals surface area contributed by atoms with Crippen LogP contribution in [0.5, 0.6) is 0 Å². The van der Waals surface area contributed by atoms with Crippen molar-refractivity contribution in [3.63, 3.8) is 0 Å². The fourth-order valence-electron chi connectivity index (χ4n) is 5.73. The molecule has 1 aromatic carbocycles. The zero-order valence-corrected chi connectivity index (χ0v) is 24.8. The van der Waals surface area contributed by atoms with Crippen LogP contribution in [0.2, 0.25) is 0 Å². The molecule has 1 aliphatic rings. The number of hydrogen-bond acceptors (Lipinski definition) is 7. The number of halogens is 3. The van der Waals surface area contributed by atoms with E-state index in [0.717, 1.165) is 28.2 Å². The number of nitrogens with zero attached hydrogens (tertiary/aromatic N) is 5. The maximum absolute atomic E-state index is 14.6. The zero-order chi connectivity index (χ0) is 31.3. The minimum Gasteiger partial charge on any atom is -0.352 e. The molecule has 6 heterocycles. The van der Waals surface area contributed by atoms with E-state index in [1.807, 2.05) is 18.2 Å². The van der Waals surface area contributed by atoms with Gasteiger partial charge in [-0.2, -0.15) is 5.10 Å².